The summed E-state index contributed by atoms with van der Waals surface area (Å²) in [4.78, 5) is 292. The number of aromatic amines is 1. The van der Waals surface area contributed by atoms with Crippen LogP contribution in [-0.4, -0.2) is 254 Å². The first-order valence-electron chi connectivity index (χ1n) is 39.7. The third-order valence-corrected chi connectivity index (χ3v) is 19.4. The molecule has 45 nitrogen and oxygen atoms in total. The number of hydrogen-bond donors (Lipinski definition) is 23. The highest BCUT2D eigenvalue weighted by Gasteiger charge is 2.41. The number of amides is 15. The summed E-state index contributed by atoms with van der Waals surface area (Å²) in [6, 6.07) is -8.59. The number of unbranched alkanes of at least 4 members (excludes halogenated alkanes) is 6. The minimum Gasteiger partial charge on any atom is -0.481 e. The number of carboxylic acid groups (broad SMARTS) is 4. The maximum Gasteiger partial charge on any atom is 0.329 e. The van der Waals surface area contributed by atoms with E-state index in [1.807, 2.05) is 16.0 Å². The molecular weight excluding hydrogens is 1650 g/mol. The van der Waals surface area contributed by atoms with Gasteiger partial charge in [-0.1, -0.05) is 82.7 Å². The molecule has 26 N–H and O–H groups in total. The van der Waals surface area contributed by atoms with Crippen molar-refractivity contribution in [1.82, 2.24) is 79.4 Å². The molecule has 5 rings (SSSR count). The van der Waals surface area contributed by atoms with E-state index in [1.54, 1.807) is 30.5 Å². The molecule has 1 aliphatic heterocycles. The SMILES string of the molecule is CCCCCCCCCC(=O)NC(Cc1c[nH]c2ccccc12)C(=O)NC(CC(N)=O)C(=O)NC(CC(=O)O)C(=O)NC1C(=O)NCC(=O)NC(CCCNC(=O)c2cc(F)ccc2N)C(=O)NC(CC(=O)O)C(=O)NC(C)C(=O)NC(CC(=O)O)C(=O)NCC(=O)NC(CO)C(=O)NC(C(C)CC(=O)O)C(=O)NC(CC(=O)c2ccccc2N)C(=O)OC1C. The third-order valence-electron chi connectivity index (χ3n) is 19.4. The molecule has 680 valence electrons. The Morgan fingerprint density at radius 2 is 1.10 bits per heavy atom. The van der Waals surface area contributed by atoms with E-state index in [0.29, 0.717) is 29.3 Å². The standard InChI is InChI=1S/C79H105FN18O27/c1-5-6-7-8-9-10-11-22-59(102)90-50(27-41-34-85-48-20-15-13-17-43(41)48)73(118)93-51(30-58(83)101)74(119)95-54(33-65(111)112)75(120)98-67-40(4)125-79(124)55(29-57(100)44-18-12-14-19-46(44)81)96-78(123)66(38(2)26-62(105)106)97-76(121)56(37-99)91-61(104)35-86-70(115)52(31-63(107)108)92-68(113)39(3)88-72(117)53(32-64(109)110)94-71(116)49(89-60(103)36-87-77(67)122)21-16-25-84-69(114)45-28-42(80)23-24-47(45)82/h12-15,17-20,23-24,28,34,38-40,49-56,66-67,85,99H,5-11,16,21-22,25-27,29-33,35-37,81-82H2,1-4H3,(H2,83,101)(H,84,114)(H,86,115)(H,87,122)(H,88,117)(H,89,103)(H,90,102)(H,91,104)(H,92,113)(H,93,118)(H,94,116)(H,95,119)(H,96,123)(H,97,121)(H,98,120)(H,105,106)(H,107,108)(H,109,110)(H,111,112). The largest absolute Gasteiger partial charge is 0.481 e. The Labute approximate surface area is 712 Å². The lowest BCUT2D eigenvalue weighted by Gasteiger charge is -2.30. The number of nitrogens with two attached hydrogens (primary N) is 3. The number of halogens is 1. The fourth-order valence-corrected chi connectivity index (χ4v) is 12.7. The highest BCUT2D eigenvalue weighted by molar-refractivity contribution is 6.06. The number of ether oxygens (including phenoxy) is 1. The molecule has 0 bridgehead atoms. The van der Waals surface area contributed by atoms with Crippen molar-refractivity contribution in [3.8, 4) is 0 Å². The Balaban J connectivity index is 1.64. The number of aliphatic hydroxyl groups excluding tert-OH is 1. The highest BCUT2D eigenvalue weighted by atomic mass is 19.1. The van der Waals surface area contributed by atoms with Gasteiger partial charge in [-0.3, -0.25) is 95.9 Å². The molecule has 1 saturated heterocycles. The lowest BCUT2D eigenvalue weighted by atomic mass is 9.96. The quantitative estimate of drug-likeness (QED) is 0.00877. The van der Waals surface area contributed by atoms with Gasteiger partial charge in [0.15, 0.2) is 5.78 Å². The van der Waals surface area contributed by atoms with Crippen molar-refractivity contribution < 1.29 is 135 Å². The smallest absolute Gasteiger partial charge is 0.329 e. The van der Waals surface area contributed by atoms with Crippen LogP contribution < -0.4 is 91.6 Å². The maximum absolute atomic E-state index is 15.0. The zero-order valence-electron chi connectivity index (χ0n) is 68.6. The molecule has 1 aliphatic rings. The predicted molar refractivity (Wildman–Crippen MR) is 434 cm³/mol. The van der Waals surface area contributed by atoms with Crippen molar-refractivity contribution in [2.75, 3.05) is 37.7 Å². The Bertz CT molecular complexity index is 4640. The highest BCUT2D eigenvalue weighted by Crippen LogP contribution is 2.22. The number of nitrogen functional groups attached to an aromatic ring is 2. The van der Waals surface area contributed by atoms with E-state index in [4.69, 9.17) is 21.9 Å². The summed E-state index contributed by atoms with van der Waals surface area (Å²) in [7, 11) is 0. The Morgan fingerprint density at radius 3 is 1.72 bits per heavy atom. The third kappa shape index (κ3) is 33.9. The van der Waals surface area contributed by atoms with E-state index in [1.165, 1.54) is 24.3 Å². The summed E-state index contributed by atoms with van der Waals surface area (Å²) in [5, 5.41) is 81.3. The summed E-state index contributed by atoms with van der Waals surface area (Å²) in [5.74, 6) is -32.5. The summed E-state index contributed by atoms with van der Waals surface area (Å²) >= 11 is 0. The van der Waals surface area contributed by atoms with Gasteiger partial charge in [-0.25, -0.2) is 9.18 Å². The van der Waals surface area contributed by atoms with Crippen molar-refractivity contribution in [1.29, 1.82) is 0 Å². The van der Waals surface area contributed by atoms with E-state index in [2.05, 4.69) is 70.4 Å². The van der Waals surface area contributed by atoms with Crippen molar-refractivity contribution in [2.24, 2.45) is 11.7 Å². The van der Waals surface area contributed by atoms with Crippen LogP contribution in [0.4, 0.5) is 15.8 Å². The number of hydrogen-bond acceptors (Lipinski definition) is 25. The molecule has 3 aromatic carbocycles. The summed E-state index contributed by atoms with van der Waals surface area (Å²) in [6.07, 6.45) is -3.32. The van der Waals surface area contributed by atoms with Gasteiger partial charge in [0.25, 0.3) is 5.91 Å². The number of aliphatic hydroxyl groups is 1. The molecule has 15 amide bonds. The number of cyclic esters (lactones) is 1. The number of ketones is 1. The number of primary amides is 1. The van der Waals surface area contributed by atoms with Crippen LogP contribution in [0.5, 0.6) is 0 Å². The molecule has 125 heavy (non-hydrogen) atoms. The van der Waals surface area contributed by atoms with Gasteiger partial charge in [0.05, 0.1) is 57.4 Å². The molecule has 0 saturated carbocycles. The molecule has 2 heterocycles. The van der Waals surface area contributed by atoms with Crippen molar-refractivity contribution >= 4 is 147 Å². The number of para-hydroxylation sites is 2. The lowest BCUT2D eigenvalue weighted by Crippen LogP contribution is -2.62. The van der Waals surface area contributed by atoms with Gasteiger partial charge in [0, 0.05) is 59.8 Å². The Hall–Kier alpha value is -14.2. The molecule has 0 spiro atoms. The van der Waals surface area contributed by atoms with Gasteiger partial charge in [0.1, 0.15) is 78.4 Å². The van der Waals surface area contributed by atoms with E-state index in [0.717, 1.165) is 71.1 Å². The van der Waals surface area contributed by atoms with Crippen LogP contribution in [0, 0.1) is 11.7 Å². The average molecular weight is 1760 g/mol. The summed E-state index contributed by atoms with van der Waals surface area (Å²) in [5.41, 5.74) is 17.7. The molecule has 13 unspecified atom stereocenters. The van der Waals surface area contributed by atoms with Crippen molar-refractivity contribution in [3.63, 3.8) is 0 Å². The van der Waals surface area contributed by atoms with Crippen LogP contribution in [0.15, 0.2) is 72.9 Å². The van der Waals surface area contributed by atoms with E-state index in [-0.39, 0.29) is 41.8 Å². The topological polar surface area (TPSA) is 731 Å². The number of fused-ring (bicyclic) bond motifs is 1. The molecule has 46 heteroatoms. The van der Waals surface area contributed by atoms with E-state index < -0.39 is 280 Å². The van der Waals surface area contributed by atoms with Crippen molar-refractivity contribution in [3.05, 3.63) is 95.4 Å². The van der Waals surface area contributed by atoms with E-state index in [9.17, 15) is 131 Å². The molecular formula is C79H105FN18O27. The molecule has 0 radical (unpaired) electrons. The summed E-state index contributed by atoms with van der Waals surface area (Å²) < 4.78 is 20.0. The number of carbonyl (C=O) groups excluding carboxylic acids is 17. The van der Waals surface area contributed by atoms with Gasteiger partial charge in [-0.15, -0.1) is 0 Å². The summed E-state index contributed by atoms with van der Waals surface area (Å²) in [6.45, 7) is 0.601. The van der Waals surface area contributed by atoms with Gasteiger partial charge < -0.3 is 127 Å². The number of aromatic nitrogens is 1. The second-order valence-corrected chi connectivity index (χ2v) is 29.4. The lowest BCUT2D eigenvalue weighted by molar-refractivity contribution is -0.156. The van der Waals surface area contributed by atoms with Crippen LogP contribution in [0.2, 0.25) is 0 Å². The van der Waals surface area contributed by atoms with Crippen LogP contribution in [0.3, 0.4) is 0 Å². The molecule has 1 aromatic heterocycles. The minimum atomic E-state index is -2.52. The zero-order chi connectivity index (χ0) is 92.9. The fourth-order valence-electron chi connectivity index (χ4n) is 12.7. The van der Waals surface area contributed by atoms with Gasteiger partial charge >= 0.3 is 29.8 Å². The van der Waals surface area contributed by atoms with Gasteiger partial charge in [-0.2, -0.15) is 0 Å². The predicted octanol–water partition coefficient (Wildman–Crippen LogP) is -4.43. The second-order valence-electron chi connectivity index (χ2n) is 29.4. The van der Waals surface area contributed by atoms with E-state index >= 15 is 0 Å². The first-order chi connectivity index (χ1) is 59.1. The number of rotatable bonds is 37. The number of esters is 1. The monoisotopic (exact) mass is 1760 g/mol. The number of carboxylic acids is 4. The number of Topliss-reactive ketones (excluding diaryl/α,β-unsaturated/α-hetero) is 1. The van der Waals surface area contributed by atoms with Gasteiger partial charge in [0.2, 0.25) is 82.7 Å². The number of aliphatic carboxylic acids is 4. The number of carbonyl (C=O) groups is 21. The average Bonchev–Trinajstić information content (AvgIpc) is 1.76. The first kappa shape index (κ1) is 101. The second kappa shape index (κ2) is 50.2. The van der Waals surface area contributed by atoms with Crippen LogP contribution in [-0.2, 0) is 102 Å². The van der Waals surface area contributed by atoms with Gasteiger partial charge in [-0.05, 0) is 81.0 Å². The fraction of sp³-hybridized carbons (Fsp3) is 0.481. The zero-order valence-corrected chi connectivity index (χ0v) is 68.6. The maximum atomic E-state index is 15.0. The van der Waals surface area contributed by atoms with Crippen LogP contribution in [0.25, 0.3) is 10.9 Å². The van der Waals surface area contributed by atoms with Crippen molar-refractivity contribution in [2.45, 2.75) is 209 Å². The molecule has 13 atom stereocenters. The Morgan fingerprint density at radius 1 is 0.544 bits per heavy atom. The normalized spacial score (nSPS) is 20.4. The number of H-pyrrole nitrogens is 1. The number of benzene rings is 3. The molecule has 1 fully saturated rings. The minimum absolute atomic E-state index is 0.0394. The Kier molecular flexibility index (Phi) is 40.7. The number of nitrogens with one attached hydrogen (secondary N) is 15. The molecule has 4 aromatic rings. The van der Waals surface area contributed by atoms with Crippen LogP contribution >= 0.6 is 0 Å². The van der Waals surface area contributed by atoms with Crippen LogP contribution in [0.1, 0.15) is 157 Å². The first-order valence-corrected chi connectivity index (χ1v) is 39.7. The molecule has 0 aliphatic carbocycles. The number of anilines is 2.